The highest BCUT2D eigenvalue weighted by molar-refractivity contribution is 5.89. The van der Waals surface area contributed by atoms with Crippen molar-refractivity contribution in [1.29, 1.82) is 0 Å². The van der Waals surface area contributed by atoms with Crippen LogP contribution in [0.25, 0.3) is 0 Å². The molecule has 0 spiro atoms. The van der Waals surface area contributed by atoms with Gasteiger partial charge in [0.2, 0.25) is 0 Å². The maximum atomic E-state index is 12.3. The molecule has 2 aliphatic rings. The highest BCUT2D eigenvalue weighted by atomic mass is 16.6. The standard InChI is InChI=1S/C25H32N2O5/c1-29-20-7-5-19(6-8-20)27-18-24(32-25(27)28)4-3-15-26-16-13-23(14-17-26)31-22-11-9-21(30-2)10-12-22/h5-12,23-24H,3-4,13-18H2,1-2H3. The van der Waals surface area contributed by atoms with Gasteiger partial charge in [0.15, 0.2) is 0 Å². The maximum absolute atomic E-state index is 12.3. The predicted octanol–water partition coefficient (Wildman–Crippen LogP) is 4.35. The number of ether oxygens (including phenoxy) is 4. The topological polar surface area (TPSA) is 60.5 Å². The molecule has 2 fully saturated rings. The van der Waals surface area contributed by atoms with E-state index in [9.17, 15) is 4.79 Å². The van der Waals surface area contributed by atoms with Gasteiger partial charge in [-0.15, -0.1) is 0 Å². The highest BCUT2D eigenvalue weighted by Crippen LogP contribution is 2.26. The summed E-state index contributed by atoms with van der Waals surface area (Å²) in [7, 11) is 3.30. The minimum atomic E-state index is -0.267. The van der Waals surface area contributed by atoms with Gasteiger partial charge in [-0.3, -0.25) is 4.90 Å². The fourth-order valence-electron chi connectivity index (χ4n) is 4.28. The molecule has 0 radical (unpaired) electrons. The Kier molecular flexibility index (Phi) is 7.37. The highest BCUT2D eigenvalue weighted by Gasteiger charge is 2.32. The van der Waals surface area contributed by atoms with E-state index in [0.29, 0.717) is 6.54 Å². The van der Waals surface area contributed by atoms with Crippen molar-refractivity contribution in [1.82, 2.24) is 4.90 Å². The lowest BCUT2D eigenvalue weighted by molar-refractivity contribution is 0.0944. The summed E-state index contributed by atoms with van der Waals surface area (Å²) in [6.07, 6.45) is 3.87. The maximum Gasteiger partial charge on any atom is 0.414 e. The molecule has 0 aliphatic carbocycles. The van der Waals surface area contributed by atoms with Gasteiger partial charge in [0.1, 0.15) is 29.5 Å². The number of anilines is 1. The molecule has 2 aliphatic heterocycles. The molecule has 2 aromatic carbocycles. The number of carbonyl (C=O) groups excluding carboxylic acids is 1. The first-order chi connectivity index (χ1) is 15.6. The zero-order valence-electron chi connectivity index (χ0n) is 18.9. The smallest absolute Gasteiger partial charge is 0.414 e. The Hall–Kier alpha value is -2.93. The molecule has 2 aromatic rings. The van der Waals surface area contributed by atoms with Gasteiger partial charge in [0.25, 0.3) is 0 Å². The molecule has 2 heterocycles. The van der Waals surface area contributed by atoms with Gasteiger partial charge in [-0.25, -0.2) is 4.79 Å². The number of benzene rings is 2. The number of amides is 1. The number of methoxy groups -OCH3 is 2. The number of piperidine rings is 1. The lowest BCUT2D eigenvalue weighted by atomic mass is 10.1. The molecule has 2 saturated heterocycles. The second-order valence-electron chi connectivity index (χ2n) is 8.29. The summed E-state index contributed by atoms with van der Waals surface area (Å²) in [4.78, 5) is 16.4. The van der Waals surface area contributed by atoms with Crippen LogP contribution in [0.4, 0.5) is 10.5 Å². The Morgan fingerprint density at radius 2 is 1.50 bits per heavy atom. The van der Waals surface area contributed by atoms with Crippen LogP contribution in [0.1, 0.15) is 25.7 Å². The molecule has 0 N–H and O–H groups in total. The fraction of sp³-hybridized carbons (Fsp3) is 0.480. The summed E-state index contributed by atoms with van der Waals surface area (Å²) in [5.41, 5.74) is 0.845. The van der Waals surface area contributed by atoms with Crippen LogP contribution >= 0.6 is 0 Å². The molecule has 1 unspecified atom stereocenters. The minimum Gasteiger partial charge on any atom is -0.497 e. The fourth-order valence-corrected chi connectivity index (χ4v) is 4.28. The van der Waals surface area contributed by atoms with Gasteiger partial charge in [0, 0.05) is 18.8 Å². The van der Waals surface area contributed by atoms with Crippen LogP contribution in [0.15, 0.2) is 48.5 Å². The van der Waals surface area contributed by atoms with Crippen molar-refractivity contribution in [3.63, 3.8) is 0 Å². The molecule has 1 amide bonds. The number of likely N-dealkylation sites (tertiary alicyclic amines) is 1. The Labute approximate surface area is 189 Å². The summed E-state index contributed by atoms with van der Waals surface area (Å²) in [5, 5.41) is 0. The van der Waals surface area contributed by atoms with E-state index in [4.69, 9.17) is 18.9 Å². The molecule has 0 saturated carbocycles. The van der Waals surface area contributed by atoms with E-state index in [1.54, 1.807) is 19.1 Å². The van der Waals surface area contributed by atoms with Crippen LogP contribution in [0.2, 0.25) is 0 Å². The summed E-state index contributed by atoms with van der Waals surface area (Å²) >= 11 is 0. The number of cyclic esters (lactones) is 1. The Bertz CT molecular complexity index is 863. The number of nitrogens with zero attached hydrogens (tertiary/aromatic N) is 2. The number of rotatable bonds is 9. The molecule has 7 heteroatoms. The van der Waals surface area contributed by atoms with E-state index in [1.165, 1.54) is 0 Å². The molecule has 4 rings (SSSR count). The zero-order chi connectivity index (χ0) is 22.3. The van der Waals surface area contributed by atoms with E-state index in [2.05, 4.69) is 4.90 Å². The van der Waals surface area contributed by atoms with Crippen molar-refractivity contribution in [3.8, 4) is 17.2 Å². The van der Waals surface area contributed by atoms with Gasteiger partial charge < -0.3 is 23.8 Å². The van der Waals surface area contributed by atoms with Crippen molar-refractivity contribution < 1.29 is 23.7 Å². The third-order valence-corrected chi connectivity index (χ3v) is 6.16. The van der Waals surface area contributed by atoms with E-state index in [-0.39, 0.29) is 18.3 Å². The van der Waals surface area contributed by atoms with Crippen molar-refractivity contribution in [2.75, 3.05) is 45.3 Å². The second-order valence-corrected chi connectivity index (χ2v) is 8.29. The lowest BCUT2D eigenvalue weighted by Gasteiger charge is -2.32. The summed E-state index contributed by atoms with van der Waals surface area (Å²) < 4.78 is 22.1. The second kappa shape index (κ2) is 10.6. The monoisotopic (exact) mass is 440 g/mol. The molecule has 172 valence electrons. The molecule has 0 aromatic heterocycles. The SMILES string of the molecule is COc1ccc(OC2CCN(CCCC3CN(c4ccc(OC)cc4)C(=O)O3)CC2)cc1. The van der Waals surface area contributed by atoms with Crippen LogP contribution in [0, 0.1) is 0 Å². The lowest BCUT2D eigenvalue weighted by Crippen LogP contribution is -2.39. The molecule has 7 nitrogen and oxygen atoms in total. The van der Waals surface area contributed by atoms with Gasteiger partial charge in [-0.1, -0.05) is 0 Å². The minimum absolute atomic E-state index is 0.0550. The number of carbonyl (C=O) groups is 1. The first-order valence-electron chi connectivity index (χ1n) is 11.3. The quantitative estimate of drug-likeness (QED) is 0.578. The van der Waals surface area contributed by atoms with Crippen LogP contribution in [-0.2, 0) is 4.74 Å². The molecular formula is C25H32N2O5. The zero-order valence-corrected chi connectivity index (χ0v) is 18.9. The average molecular weight is 441 g/mol. The van der Waals surface area contributed by atoms with Crippen molar-refractivity contribution in [3.05, 3.63) is 48.5 Å². The van der Waals surface area contributed by atoms with Crippen LogP contribution in [-0.4, -0.2) is 63.6 Å². The van der Waals surface area contributed by atoms with Crippen molar-refractivity contribution >= 4 is 11.8 Å². The molecule has 32 heavy (non-hydrogen) atoms. The van der Waals surface area contributed by atoms with E-state index >= 15 is 0 Å². The summed E-state index contributed by atoms with van der Waals surface area (Å²) in [5.74, 6) is 2.51. The third kappa shape index (κ3) is 5.65. The normalized spacial score (nSPS) is 19.6. The van der Waals surface area contributed by atoms with Gasteiger partial charge in [0.05, 0.1) is 20.8 Å². The first kappa shape index (κ1) is 22.3. The van der Waals surface area contributed by atoms with Crippen LogP contribution in [0.5, 0.6) is 17.2 Å². The summed E-state index contributed by atoms with van der Waals surface area (Å²) in [6.45, 7) is 3.68. The van der Waals surface area contributed by atoms with Gasteiger partial charge >= 0.3 is 6.09 Å². The number of hydrogen-bond acceptors (Lipinski definition) is 6. The Morgan fingerprint density at radius 3 is 2.12 bits per heavy atom. The van der Waals surface area contributed by atoms with Gasteiger partial charge in [-0.2, -0.15) is 0 Å². The van der Waals surface area contributed by atoms with Crippen LogP contribution in [0.3, 0.4) is 0 Å². The van der Waals surface area contributed by atoms with E-state index in [1.807, 2.05) is 48.5 Å². The van der Waals surface area contributed by atoms with Gasteiger partial charge in [-0.05, 0) is 80.8 Å². The molecule has 1 atom stereocenters. The van der Waals surface area contributed by atoms with E-state index in [0.717, 1.165) is 68.3 Å². The van der Waals surface area contributed by atoms with Crippen molar-refractivity contribution in [2.45, 2.75) is 37.9 Å². The third-order valence-electron chi connectivity index (χ3n) is 6.16. The molecular weight excluding hydrogens is 408 g/mol. The van der Waals surface area contributed by atoms with Crippen molar-refractivity contribution in [2.24, 2.45) is 0 Å². The number of hydrogen-bond donors (Lipinski definition) is 0. The first-order valence-corrected chi connectivity index (χ1v) is 11.3. The Morgan fingerprint density at radius 1 is 0.906 bits per heavy atom. The van der Waals surface area contributed by atoms with Crippen LogP contribution < -0.4 is 19.1 Å². The van der Waals surface area contributed by atoms with E-state index < -0.39 is 0 Å². The Balaban J connectivity index is 1.15. The largest absolute Gasteiger partial charge is 0.497 e. The summed E-state index contributed by atoms with van der Waals surface area (Å²) in [6, 6.07) is 15.3. The predicted molar refractivity (Wildman–Crippen MR) is 123 cm³/mol. The average Bonchev–Trinajstić information content (AvgIpc) is 3.21. The molecule has 0 bridgehead atoms.